The highest BCUT2D eigenvalue weighted by atomic mass is 19.4. The van der Waals surface area contributed by atoms with Gasteiger partial charge >= 0.3 is 6.18 Å². The molecule has 1 aliphatic carbocycles. The summed E-state index contributed by atoms with van der Waals surface area (Å²) < 4.78 is 44.7. The van der Waals surface area contributed by atoms with Gasteiger partial charge in [-0.2, -0.15) is 13.2 Å². The average Bonchev–Trinajstić information content (AvgIpc) is 2.77. The van der Waals surface area contributed by atoms with Crippen LogP contribution < -0.4 is 10.6 Å². The van der Waals surface area contributed by atoms with Crippen LogP contribution in [0, 0.1) is 5.92 Å². The van der Waals surface area contributed by atoms with Gasteiger partial charge < -0.3 is 20.3 Å². The molecular weight excluding hydrogens is 435 g/mol. The molecule has 0 radical (unpaired) electrons. The van der Waals surface area contributed by atoms with Gasteiger partial charge in [0.05, 0.1) is 24.2 Å². The largest absolute Gasteiger partial charge is 0.416 e. The zero-order valence-corrected chi connectivity index (χ0v) is 19.4. The molecule has 3 atom stereocenters. The standard InChI is InChI=1S/C23H32F3N5O2/c1-14(2)31(3)17-6-8-19(15(9-17)12-33-4)30-21(32)11-27-22-18-10-16(23(24,25)26)5-7-20(18)28-13-29-22/h5,7,10,13-15,17,19H,6,8-9,11-12H2,1-4H3,(H,30,32)(H,27,28,29)/t15-,17-,19+/m1/s1. The first-order valence-electron chi connectivity index (χ1n) is 11.2. The molecule has 1 amide bonds. The van der Waals surface area contributed by atoms with E-state index in [1.165, 1.54) is 12.4 Å². The molecule has 182 valence electrons. The molecule has 1 fully saturated rings. The van der Waals surface area contributed by atoms with E-state index in [4.69, 9.17) is 4.74 Å². The molecular formula is C23H32F3N5O2. The number of ether oxygens (including phenoxy) is 1. The number of fused-ring (bicyclic) bond motifs is 1. The zero-order valence-electron chi connectivity index (χ0n) is 19.4. The van der Waals surface area contributed by atoms with Crippen LogP contribution in [0.4, 0.5) is 19.0 Å². The minimum absolute atomic E-state index is 0.0185. The fourth-order valence-corrected chi connectivity index (χ4v) is 4.41. The van der Waals surface area contributed by atoms with Crippen molar-refractivity contribution in [3.05, 3.63) is 30.1 Å². The van der Waals surface area contributed by atoms with Crippen molar-refractivity contribution in [2.75, 3.05) is 32.6 Å². The van der Waals surface area contributed by atoms with Gasteiger partial charge in [0.2, 0.25) is 5.91 Å². The first kappa shape index (κ1) is 25.2. The van der Waals surface area contributed by atoms with Gasteiger partial charge in [-0.3, -0.25) is 4.79 Å². The number of halogens is 3. The van der Waals surface area contributed by atoms with Gasteiger partial charge in [-0.25, -0.2) is 9.97 Å². The van der Waals surface area contributed by atoms with Crippen LogP contribution >= 0.6 is 0 Å². The number of carbonyl (C=O) groups excluding carboxylic acids is 1. The van der Waals surface area contributed by atoms with Crippen LogP contribution in [-0.4, -0.2) is 66.2 Å². The second-order valence-corrected chi connectivity index (χ2v) is 8.92. The van der Waals surface area contributed by atoms with Crippen molar-refractivity contribution in [2.24, 2.45) is 5.92 Å². The minimum Gasteiger partial charge on any atom is -0.384 e. The number of hydrogen-bond acceptors (Lipinski definition) is 6. The lowest BCUT2D eigenvalue weighted by atomic mass is 9.81. The van der Waals surface area contributed by atoms with Crippen LogP contribution in [0.2, 0.25) is 0 Å². The van der Waals surface area contributed by atoms with Crippen molar-refractivity contribution in [1.82, 2.24) is 20.2 Å². The molecule has 1 heterocycles. The summed E-state index contributed by atoms with van der Waals surface area (Å²) in [5, 5.41) is 6.16. The molecule has 33 heavy (non-hydrogen) atoms. The molecule has 2 aromatic rings. The predicted molar refractivity (Wildman–Crippen MR) is 121 cm³/mol. The molecule has 7 nitrogen and oxygen atoms in total. The Balaban J connectivity index is 1.64. The van der Waals surface area contributed by atoms with E-state index in [9.17, 15) is 18.0 Å². The number of aromatic nitrogens is 2. The Kier molecular flexibility index (Phi) is 8.12. The van der Waals surface area contributed by atoms with Crippen LogP contribution in [0.25, 0.3) is 10.9 Å². The Morgan fingerprint density at radius 2 is 2.03 bits per heavy atom. The van der Waals surface area contributed by atoms with E-state index in [0.29, 0.717) is 24.2 Å². The molecule has 0 spiro atoms. The lowest BCUT2D eigenvalue weighted by Crippen LogP contribution is -2.51. The average molecular weight is 468 g/mol. The number of benzene rings is 1. The summed E-state index contributed by atoms with van der Waals surface area (Å²) in [5.74, 6) is 0.139. The summed E-state index contributed by atoms with van der Waals surface area (Å²) in [6.07, 6.45) is -0.469. The molecule has 0 aliphatic heterocycles. The summed E-state index contributed by atoms with van der Waals surface area (Å²) in [6.45, 7) is 4.78. The molecule has 3 rings (SSSR count). The van der Waals surface area contributed by atoms with Crippen LogP contribution in [0.3, 0.4) is 0 Å². The number of anilines is 1. The fraction of sp³-hybridized carbons (Fsp3) is 0.609. The highest BCUT2D eigenvalue weighted by Gasteiger charge is 2.34. The number of amides is 1. The van der Waals surface area contributed by atoms with E-state index in [1.807, 2.05) is 0 Å². The third-order valence-electron chi connectivity index (χ3n) is 6.45. The van der Waals surface area contributed by atoms with Gasteiger partial charge in [0, 0.05) is 36.5 Å². The van der Waals surface area contributed by atoms with Crippen molar-refractivity contribution < 1.29 is 22.7 Å². The highest BCUT2D eigenvalue weighted by Crippen LogP contribution is 2.32. The van der Waals surface area contributed by atoms with E-state index in [-0.39, 0.29) is 35.6 Å². The van der Waals surface area contributed by atoms with Crippen molar-refractivity contribution >= 4 is 22.6 Å². The fourth-order valence-electron chi connectivity index (χ4n) is 4.41. The number of alkyl halides is 3. The summed E-state index contributed by atoms with van der Waals surface area (Å²) in [5.41, 5.74) is -0.420. The topological polar surface area (TPSA) is 79.4 Å². The maximum absolute atomic E-state index is 13.1. The van der Waals surface area contributed by atoms with Gasteiger partial charge in [0.25, 0.3) is 0 Å². The quantitative estimate of drug-likeness (QED) is 0.616. The number of carbonyl (C=O) groups is 1. The Hall–Kier alpha value is -2.46. The van der Waals surface area contributed by atoms with Crippen molar-refractivity contribution in [3.8, 4) is 0 Å². The molecule has 1 saturated carbocycles. The molecule has 0 saturated heterocycles. The molecule has 1 aromatic heterocycles. The zero-order chi connectivity index (χ0) is 24.2. The smallest absolute Gasteiger partial charge is 0.384 e. The monoisotopic (exact) mass is 467 g/mol. The van der Waals surface area contributed by atoms with Crippen LogP contribution in [-0.2, 0) is 15.7 Å². The maximum atomic E-state index is 13.1. The Morgan fingerprint density at radius 1 is 1.27 bits per heavy atom. The molecule has 1 aromatic carbocycles. The highest BCUT2D eigenvalue weighted by molar-refractivity contribution is 5.91. The Bertz CT molecular complexity index is 953. The van der Waals surface area contributed by atoms with Gasteiger partial charge in [-0.15, -0.1) is 0 Å². The van der Waals surface area contributed by atoms with Crippen molar-refractivity contribution in [2.45, 2.75) is 57.4 Å². The maximum Gasteiger partial charge on any atom is 0.416 e. The number of rotatable bonds is 8. The van der Waals surface area contributed by atoms with Crippen LogP contribution in [0.1, 0.15) is 38.7 Å². The Morgan fingerprint density at radius 3 is 2.70 bits per heavy atom. The van der Waals surface area contributed by atoms with Crippen LogP contribution in [0.5, 0.6) is 0 Å². The van der Waals surface area contributed by atoms with Gasteiger partial charge in [0.15, 0.2) is 0 Å². The summed E-state index contributed by atoms with van der Waals surface area (Å²) in [4.78, 5) is 23.1. The molecule has 0 unspecified atom stereocenters. The van der Waals surface area contributed by atoms with E-state index < -0.39 is 11.7 Å². The lowest BCUT2D eigenvalue weighted by Gasteiger charge is -2.41. The second-order valence-electron chi connectivity index (χ2n) is 8.92. The van der Waals surface area contributed by atoms with Crippen molar-refractivity contribution in [3.63, 3.8) is 0 Å². The normalized spacial score (nSPS) is 21.5. The first-order chi connectivity index (χ1) is 15.6. The lowest BCUT2D eigenvalue weighted by molar-refractivity contribution is -0.137. The summed E-state index contributed by atoms with van der Waals surface area (Å²) in [6, 6.07) is 4.13. The number of methoxy groups -OCH3 is 1. The molecule has 2 N–H and O–H groups in total. The van der Waals surface area contributed by atoms with E-state index >= 15 is 0 Å². The molecule has 10 heteroatoms. The Labute approximate surface area is 192 Å². The molecule has 1 aliphatic rings. The third kappa shape index (κ3) is 6.32. The van der Waals surface area contributed by atoms with Gasteiger partial charge in [-0.1, -0.05) is 0 Å². The minimum atomic E-state index is -4.47. The predicted octanol–water partition coefficient (Wildman–Crippen LogP) is 3.70. The van der Waals surface area contributed by atoms with Gasteiger partial charge in [-0.05, 0) is 58.4 Å². The first-order valence-corrected chi connectivity index (χ1v) is 11.2. The molecule has 0 bridgehead atoms. The summed E-state index contributed by atoms with van der Waals surface area (Å²) >= 11 is 0. The number of hydrogen-bond donors (Lipinski definition) is 2. The van der Waals surface area contributed by atoms with Crippen LogP contribution in [0.15, 0.2) is 24.5 Å². The van der Waals surface area contributed by atoms with E-state index in [1.54, 1.807) is 7.11 Å². The second kappa shape index (κ2) is 10.6. The number of nitrogens with zero attached hydrogens (tertiary/aromatic N) is 3. The summed E-state index contributed by atoms with van der Waals surface area (Å²) in [7, 11) is 3.78. The SMILES string of the molecule is COC[C@H]1C[C@H](N(C)C(C)C)CC[C@@H]1NC(=O)CNc1ncnc2ccc(C(F)(F)F)cc12. The van der Waals surface area contributed by atoms with E-state index in [2.05, 4.69) is 46.4 Å². The van der Waals surface area contributed by atoms with Gasteiger partial charge in [0.1, 0.15) is 12.1 Å². The van der Waals surface area contributed by atoms with E-state index in [0.717, 1.165) is 31.4 Å². The van der Waals surface area contributed by atoms with Crippen molar-refractivity contribution in [1.29, 1.82) is 0 Å². The number of nitrogens with one attached hydrogen (secondary N) is 2. The third-order valence-corrected chi connectivity index (χ3v) is 6.45.